The lowest BCUT2D eigenvalue weighted by Gasteiger charge is -2.24. The number of anilines is 1. The molecule has 1 aliphatic heterocycles. The first-order chi connectivity index (χ1) is 6.84. The lowest BCUT2D eigenvalue weighted by Crippen LogP contribution is -2.35. The van der Waals surface area contributed by atoms with Crippen molar-refractivity contribution in [2.75, 3.05) is 18.4 Å². The average Bonchev–Trinajstić information content (AvgIpc) is 2.19. The number of hydrogen-bond acceptors (Lipinski definition) is 3. The summed E-state index contributed by atoms with van der Waals surface area (Å²) in [4.78, 5) is 4.30. The predicted octanol–water partition coefficient (Wildman–Crippen LogP) is 1.55. The van der Waals surface area contributed by atoms with Crippen LogP contribution in [0.2, 0.25) is 0 Å². The third-order valence-corrected chi connectivity index (χ3v) is 2.61. The third-order valence-electron chi connectivity index (χ3n) is 2.61. The van der Waals surface area contributed by atoms with Gasteiger partial charge < -0.3 is 10.6 Å². The Bertz CT molecular complexity index is 292. The minimum Gasteiger partial charge on any atom is -0.367 e. The Morgan fingerprint density at radius 2 is 2.21 bits per heavy atom. The van der Waals surface area contributed by atoms with Crippen molar-refractivity contribution in [3.63, 3.8) is 0 Å². The molecule has 1 fully saturated rings. The van der Waals surface area contributed by atoms with Crippen LogP contribution in [0.4, 0.5) is 5.82 Å². The Hall–Kier alpha value is -1.09. The molecule has 0 atom stereocenters. The normalized spacial score (nSPS) is 18.1. The van der Waals surface area contributed by atoms with Crippen LogP contribution in [0.25, 0.3) is 0 Å². The Morgan fingerprint density at radius 1 is 1.43 bits per heavy atom. The molecular weight excluding hydrogens is 174 g/mol. The molecule has 3 heteroatoms. The van der Waals surface area contributed by atoms with E-state index in [-0.39, 0.29) is 0 Å². The van der Waals surface area contributed by atoms with Crippen molar-refractivity contribution in [1.29, 1.82) is 0 Å². The van der Waals surface area contributed by atoms with Crippen LogP contribution in [0.1, 0.15) is 18.4 Å². The summed E-state index contributed by atoms with van der Waals surface area (Å²) in [5.74, 6) is 1.01. The number of nitrogens with zero attached hydrogens (tertiary/aromatic N) is 1. The van der Waals surface area contributed by atoms with Crippen molar-refractivity contribution in [2.45, 2.75) is 25.8 Å². The summed E-state index contributed by atoms with van der Waals surface area (Å²) in [5, 5.41) is 6.82. The lowest BCUT2D eigenvalue weighted by atomic mass is 10.1. The summed E-state index contributed by atoms with van der Waals surface area (Å²) in [6, 6.07) is 4.71. The van der Waals surface area contributed by atoms with Crippen LogP contribution in [0.3, 0.4) is 0 Å². The second-order valence-corrected chi connectivity index (χ2v) is 3.89. The lowest BCUT2D eigenvalue weighted by molar-refractivity contribution is 0.478. The average molecular weight is 191 g/mol. The fourth-order valence-corrected chi connectivity index (χ4v) is 1.79. The van der Waals surface area contributed by atoms with Crippen LogP contribution in [-0.2, 0) is 0 Å². The number of piperidine rings is 1. The highest BCUT2D eigenvalue weighted by molar-refractivity contribution is 5.38. The maximum atomic E-state index is 4.30. The van der Waals surface area contributed by atoms with Crippen molar-refractivity contribution in [2.24, 2.45) is 0 Å². The van der Waals surface area contributed by atoms with E-state index < -0.39 is 0 Å². The Balaban J connectivity index is 1.95. The molecule has 2 heterocycles. The standard InChI is InChI=1S/C11H17N3/c1-9-2-7-13-11(8-9)14-10-3-5-12-6-4-10/h2,7-8,10,12H,3-6H2,1H3,(H,13,14). The number of nitrogens with one attached hydrogen (secondary N) is 2. The van der Waals surface area contributed by atoms with E-state index in [2.05, 4.69) is 28.6 Å². The largest absolute Gasteiger partial charge is 0.367 e. The topological polar surface area (TPSA) is 37.0 Å². The monoisotopic (exact) mass is 191 g/mol. The van der Waals surface area contributed by atoms with Crippen molar-refractivity contribution < 1.29 is 0 Å². The van der Waals surface area contributed by atoms with Crippen LogP contribution < -0.4 is 10.6 Å². The van der Waals surface area contributed by atoms with Gasteiger partial charge in [0.25, 0.3) is 0 Å². The zero-order valence-electron chi connectivity index (χ0n) is 8.59. The van der Waals surface area contributed by atoms with Gasteiger partial charge in [0.05, 0.1) is 0 Å². The van der Waals surface area contributed by atoms with Crippen LogP contribution in [0, 0.1) is 6.92 Å². The molecular formula is C11H17N3. The molecule has 0 aliphatic carbocycles. The van der Waals surface area contributed by atoms with Gasteiger partial charge in [-0.25, -0.2) is 4.98 Å². The quantitative estimate of drug-likeness (QED) is 0.744. The van der Waals surface area contributed by atoms with Gasteiger partial charge in [-0.3, -0.25) is 0 Å². The molecule has 0 spiro atoms. The van der Waals surface area contributed by atoms with Crippen molar-refractivity contribution >= 4 is 5.82 Å². The van der Waals surface area contributed by atoms with E-state index in [1.54, 1.807) is 0 Å². The molecule has 0 amide bonds. The van der Waals surface area contributed by atoms with E-state index in [0.29, 0.717) is 6.04 Å². The first-order valence-electron chi connectivity index (χ1n) is 5.24. The van der Waals surface area contributed by atoms with Crippen LogP contribution in [-0.4, -0.2) is 24.1 Å². The summed E-state index contributed by atoms with van der Waals surface area (Å²) >= 11 is 0. The number of hydrogen-bond donors (Lipinski definition) is 2. The molecule has 2 rings (SSSR count). The molecule has 2 N–H and O–H groups in total. The molecule has 0 radical (unpaired) electrons. The van der Waals surface area contributed by atoms with E-state index in [1.807, 2.05) is 12.3 Å². The summed E-state index contributed by atoms with van der Waals surface area (Å²) in [5.41, 5.74) is 1.26. The third kappa shape index (κ3) is 2.45. The van der Waals surface area contributed by atoms with Crippen molar-refractivity contribution in [3.8, 4) is 0 Å². The Labute approximate surface area is 84.9 Å². The molecule has 3 nitrogen and oxygen atoms in total. The minimum atomic E-state index is 0.588. The molecule has 14 heavy (non-hydrogen) atoms. The van der Waals surface area contributed by atoms with Crippen LogP contribution in [0.15, 0.2) is 18.3 Å². The molecule has 0 unspecified atom stereocenters. The number of pyridine rings is 1. The van der Waals surface area contributed by atoms with E-state index >= 15 is 0 Å². The SMILES string of the molecule is Cc1ccnc(NC2CCNCC2)c1. The fraction of sp³-hybridized carbons (Fsp3) is 0.545. The predicted molar refractivity (Wildman–Crippen MR) is 58.5 cm³/mol. The minimum absolute atomic E-state index is 0.588. The van der Waals surface area contributed by atoms with Crippen molar-refractivity contribution in [1.82, 2.24) is 10.3 Å². The molecule has 0 aromatic carbocycles. The first kappa shape index (κ1) is 9.46. The van der Waals surface area contributed by atoms with Gasteiger partial charge in [0.15, 0.2) is 0 Å². The summed E-state index contributed by atoms with van der Waals surface area (Å²) in [6.45, 7) is 4.32. The first-order valence-corrected chi connectivity index (χ1v) is 5.24. The molecule has 1 aromatic rings. The highest BCUT2D eigenvalue weighted by Crippen LogP contribution is 2.11. The van der Waals surface area contributed by atoms with E-state index in [4.69, 9.17) is 0 Å². The maximum absolute atomic E-state index is 4.30. The van der Waals surface area contributed by atoms with Gasteiger partial charge in [0.2, 0.25) is 0 Å². The Kier molecular flexibility index (Phi) is 2.99. The zero-order chi connectivity index (χ0) is 9.80. The molecule has 0 saturated carbocycles. The van der Waals surface area contributed by atoms with E-state index in [0.717, 1.165) is 18.9 Å². The number of aryl methyl sites for hydroxylation is 1. The Morgan fingerprint density at radius 3 is 2.93 bits per heavy atom. The zero-order valence-corrected chi connectivity index (χ0v) is 8.59. The maximum Gasteiger partial charge on any atom is 0.126 e. The van der Waals surface area contributed by atoms with Gasteiger partial charge in [0.1, 0.15) is 5.82 Å². The molecule has 1 aromatic heterocycles. The molecule has 0 bridgehead atoms. The molecule has 1 saturated heterocycles. The van der Waals surface area contributed by atoms with E-state index in [1.165, 1.54) is 18.4 Å². The molecule has 76 valence electrons. The van der Waals surface area contributed by atoms with Gasteiger partial charge in [0, 0.05) is 12.2 Å². The highest BCUT2D eigenvalue weighted by atomic mass is 15.0. The van der Waals surface area contributed by atoms with Crippen molar-refractivity contribution in [3.05, 3.63) is 23.9 Å². The second kappa shape index (κ2) is 4.42. The van der Waals surface area contributed by atoms with Crippen LogP contribution in [0.5, 0.6) is 0 Å². The second-order valence-electron chi connectivity index (χ2n) is 3.89. The van der Waals surface area contributed by atoms with E-state index in [9.17, 15) is 0 Å². The van der Waals surface area contributed by atoms with Gasteiger partial charge in [-0.2, -0.15) is 0 Å². The van der Waals surface area contributed by atoms with Gasteiger partial charge in [-0.05, 0) is 50.6 Å². The number of rotatable bonds is 2. The van der Waals surface area contributed by atoms with Gasteiger partial charge >= 0.3 is 0 Å². The van der Waals surface area contributed by atoms with Gasteiger partial charge in [-0.1, -0.05) is 0 Å². The summed E-state index contributed by atoms with van der Waals surface area (Å²) in [6.07, 6.45) is 4.24. The smallest absolute Gasteiger partial charge is 0.126 e. The summed E-state index contributed by atoms with van der Waals surface area (Å²) in [7, 11) is 0. The highest BCUT2D eigenvalue weighted by Gasteiger charge is 2.12. The molecule has 1 aliphatic rings. The van der Waals surface area contributed by atoms with Crippen LogP contribution >= 0.6 is 0 Å². The fourth-order valence-electron chi connectivity index (χ4n) is 1.79. The number of aromatic nitrogens is 1. The van der Waals surface area contributed by atoms with Gasteiger partial charge in [-0.15, -0.1) is 0 Å². The summed E-state index contributed by atoms with van der Waals surface area (Å²) < 4.78 is 0.